The fourth-order valence-corrected chi connectivity index (χ4v) is 2.02. The zero-order valence-electron chi connectivity index (χ0n) is 9.30. The summed E-state index contributed by atoms with van der Waals surface area (Å²) in [5, 5.41) is 0. The second-order valence-electron chi connectivity index (χ2n) is 4.07. The first-order valence-corrected chi connectivity index (χ1v) is 5.56. The van der Waals surface area contributed by atoms with Gasteiger partial charge in [0.2, 0.25) is 0 Å². The normalized spacial score (nSPS) is 17.4. The van der Waals surface area contributed by atoms with E-state index >= 15 is 0 Å². The van der Waals surface area contributed by atoms with Gasteiger partial charge in [0.25, 0.3) is 0 Å². The average molecular weight is 216 g/mol. The Hall–Kier alpha value is -1.35. The van der Waals surface area contributed by atoms with Gasteiger partial charge in [-0.2, -0.15) is 0 Å². The van der Waals surface area contributed by atoms with Gasteiger partial charge < -0.3 is 4.90 Å². The first-order chi connectivity index (χ1) is 7.75. The largest absolute Gasteiger partial charge is 0.369 e. The van der Waals surface area contributed by atoms with Crippen LogP contribution in [0.3, 0.4) is 0 Å². The number of benzene rings is 1. The molecule has 2 radical (unpaired) electrons. The molecule has 1 saturated heterocycles. The Kier molecular flexibility index (Phi) is 3.57. The van der Waals surface area contributed by atoms with Crippen LogP contribution in [0.4, 0.5) is 5.69 Å². The third-order valence-corrected chi connectivity index (χ3v) is 2.87. The third-order valence-electron chi connectivity index (χ3n) is 2.87. The van der Waals surface area contributed by atoms with E-state index in [-0.39, 0.29) is 5.78 Å². The molecule has 0 atom stereocenters. The highest BCUT2D eigenvalue weighted by atomic mass is 16.1. The predicted octanol–water partition coefficient (Wildman–Crippen LogP) is 1.09. The van der Waals surface area contributed by atoms with Crippen LogP contribution in [0.15, 0.2) is 30.3 Å². The fourth-order valence-electron chi connectivity index (χ4n) is 2.02. The van der Waals surface area contributed by atoms with Gasteiger partial charge in [0.05, 0.1) is 6.54 Å². The molecule has 0 unspecified atom stereocenters. The number of para-hydroxylation sites is 1. The van der Waals surface area contributed by atoms with Crippen molar-refractivity contribution in [1.82, 2.24) is 4.90 Å². The Balaban J connectivity index is 1.88. The van der Waals surface area contributed by atoms with Crippen molar-refractivity contribution in [1.29, 1.82) is 0 Å². The van der Waals surface area contributed by atoms with Gasteiger partial charge in [-0.1, -0.05) is 18.2 Å². The Bertz CT molecular complexity index is 342. The molecule has 16 heavy (non-hydrogen) atoms. The Labute approximate surface area is 96.7 Å². The summed E-state index contributed by atoms with van der Waals surface area (Å²) in [7, 11) is 0. The summed E-state index contributed by atoms with van der Waals surface area (Å²) in [5.74, 6) is -0.242. The second-order valence-corrected chi connectivity index (χ2v) is 4.07. The predicted molar refractivity (Wildman–Crippen MR) is 64.4 cm³/mol. The van der Waals surface area contributed by atoms with Crippen LogP contribution in [0.2, 0.25) is 0 Å². The molecule has 1 aliphatic heterocycles. The zero-order chi connectivity index (χ0) is 11.4. The van der Waals surface area contributed by atoms with Crippen molar-refractivity contribution in [3.63, 3.8) is 0 Å². The van der Waals surface area contributed by atoms with Gasteiger partial charge in [0.15, 0.2) is 5.78 Å². The van der Waals surface area contributed by atoms with Gasteiger partial charge in [0, 0.05) is 38.8 Å². The highest BCUT2D eigenvalue weighted by molar-refractivity contribution is 5.84. The molecule has 1 aromatic carbocycles. The number of hydrogen-bond donors (Lipinski definition) is 0. The number of hydrogen-bond acceptors (Lipinski definition) is 3. The molecule has 0 aromatic heterocycles. The molecule has 3 heteroatoms. The lowest BCUT2D eigenvalue weighted by Crippen LogP contribution is -2.47. The van der Waals surface area contributed by atoms with Gasteiger partial charge in [-0.25, -0.2) is 0 Å². The van der Waals surface area contributed by atoms with Crippen molar-refractivity contribution >= 4 is 11.5 Å². The summed E-state index contributed by atoms with van der Waals surface area (Å²) in [5.41, 5.74) is 1.25. The van der Waals surface area contributed by atoms with Crippen LogP contribution in [0.5, 0.6) is 0 Å². The lowest BCUT2D eigenvalue weighted by Gasteiger charge is -2.35. The van der Waals surface area contributed by atoms with E-state index in [1.54, 1.807) is 0 Å². The van der Waals surface area contributed by atoms with E-state index in [1.165, 1.54) is 5.69 Å². The third kappa shape index (κ3) is 2.83. The van der Waals surface area contributed by atoms with Crippen molar-refractivity contribution in [2.45, 2.75) is 0 Å². The van der Waals surface area contributed by atoms with Gasteiger partial charge >= 0.3 is 0 Å². The molecule has 0 spiro atoms. The maximum atomic E-state index is 10.8. The van der Waals surface area contributed by atoms with Crippen LogP contribution in [-0.2, 0) is 4.79 Å². The van der Waals surface area contributed by atoms with Crippen molar-refractivity contribution in [2.75, 3.05) is 37.6 Å². The summed E-state index contributed by atoms with van der Waals surface area (Å²) in [6.07, 6.45) is 0. The monoisotopic (exact) mass is 216 g/mol. The summed E-state index contributed by atoms with van der Waals surface area (Å²) < 4.78 is 0. The molecule has 0 amide bonds. The number of carbonyl (C=O) groups is 1. The molecule has 1 fully saturated rings. The van der Waals surface area contributed by atoms with Gasteiger partial charge in [-0.05, 0) is 12.1 Å². The molecule has 1 aromatic rings. The molecule has 3 nitrogen and oxygen atoms in total. The minimum Gasteiger partial charge on any atom is -0.369 e. The number of Topliss-reactive ketones (excluding diaryl/α,β-unsaturated/α-hetero) is 1. The van der Waals surface area contributed by atoms with Crippen LogP contribution >= 0.6 is 0 Å². The maximum Gasteiger partial charge on any atom is 0.151 e. The number of rotatable bonds is 3. The highest BCUT2D eigenvalue weighted by Crippen LogP contribution is 2.15. The van der Waals surface area contributed by atoms with Gasteiger partial charge in [0.1, 0.15) is 0 Å². The smallest absolute Gasteiger partial charge is 0.151 e. The molecule has 0 aliphatic carbocycles. The number of ketones is 1. The number of anilines is 1. The van der Waals surface area contributed by atoms with Gasteiger partial charge in [-0.3, -0.25) is 9.69 Å². The molecular weight excluding hydrogens is 200 g/mol. The Morgan fingerprint density at radius 1 is 1.12 bits per heavy atom. The van der Waals surface area contributed by atoms with Crippen LogP contribution in [0.1, 0.15) is 0 Å². The van der Waals surface area contributed by atoms with Crippen molar-refractivity contribution in [3.05, 3.63) is 37.3 Å². The molecule has 0 saturated carbocycles. The topological polar surface area (TPSA) is 23.6 Å². The first-order valence-electron chi connectivity index (χ1n) is 5.56. The molecular formula is C13H16N2O. The van der Waals surface area contributed by atoms with Crippen molar-refractivity contribution in [2.24, 2.45) is 0 Å². The molecule has 1 heterocycles. The fraction of sp³-hybridized carbons (Fsp3) is 0.385. The van der Waals surface area contributed by atoms with Crippen LogP contribution in [0.25, 0.3) is 0 Å². The standard InChI is InChI=1S/C13H16N2O/c1-12(16)11-14-7-9-15(10-8-14)13-5-3-2-4-6-13/h1-6H,7-11H2. The lowest BCUT2D eigenvalue weighted by atomic mass is 10.2. The van der Waals surface area contributed by atoms with E-state index in [9.17, 15) is 4.79 Å². The van der Waals surface area contributed by atoms with Crippen LogP contribution < -0.4 is 4.90 Å². The number of carbonyl (C=O) groups excluding carboxylic acids is 1. The Morgan fingerprint density at radius 2 is 1.75 bits per heavy atom. The lowest BCUT2D eigenvalue weighted by molar-refractivity contribution is -0.116. The van der Waals surface area contributed by atoms with Gasteiger partial charge in [-0.15, -0.1) is 0 Å². The van der Waals surface area contributed by atoms with Crippen molar-refractivity contribution < 1.29 is 4.79 Å². The van der Waals surface area contributed by atoms with E-state index < -0.39 is 0 Å². The molecule has 1 aliphatic rings. The quantitative estimate of drug-likeness (QED) is 0.755. The summed E-state index contributed by atoms with van der Waals surface area (Å²) in [6, 6.07) is 10.3. The zero-order valence-corrected chi connectivity index (χ0v) is 9.30. The average Bonchev–Trinajstić information content (AvgIpc) is 2.30. The minimum absolute atomic E-state index is 0.242. The first kappa shape index (κ1) is 11.1. The molecule has 84 valence electrons. The van der Waals surface area contributed by atoms with Crippen LogP contribution in [-0.4, -0.2) is 43.4 Å². The number of piperazine rings is 1. The Morgan fingerprint density at radius 3 is 2.31 bits per heavy atom. The van der Waals surface area contributed by atoms with E-state index in [1.807, 2.05) is 18.2 Å². The molecule has 0 N–H and O–H groups in total. The van der Waals surface area contributed by atoms with Crippen molar-refractivity contribution in [3.8, 4) is 0 Å². The highest BCUT2D eigenvalue weighted by Gasteiger charge is 2.17. The van der Waals surface area contributed by atoms with Crippen LogP contribution in [0, 0.1) is 6.92 Å². The van der Waals surface area contributed by atoms with E-state index in [0.29, 0.717) is 6.54 Å². The maximum absolute atomic E-state index is 10.8. The summed E-state index contributed by atoms with van der Waals surface area (Å²) >= 11 is 0. The SMILES string of the molecule is [CH]C(=O)CN1CCN(c2ccccc2)CC1. The molecule has 2 rings (SSSR count). The minimum atomic E-state index is -0.242. The second kappa shape index (κ2) is 5.12. The summed E-state index contributed by atoms with van der Waals surface area (Å²) in [6.45, 7) is 9.27. The van der Waals surface area contributed by atoms with E-state index in [4.69, 9.17) is 6.92 Å². The number of nitrogens with zero attached hydrogens (tertiary/aromatic N) is 2. The summed E-state index contributed by atoms with van der Waals surface area (Å²) in [4.78, 5) is 15.2. The molecule has 0 bridgehead atoms. The van der Waals surface area contributed by atoms with E-state index in [0.717, 1.165) is 26.2 Å². The van der Waals surface area contributed by atoms with E-state index in [2.05, 4.69) is 21.9 Å².